The standard InChI is InChI=1S/2C12H10S.C3H8S2.2CH5N/c2*1-3-7-11(8-4-1)13-12-9-5-2-6-10-12;1-4-3-5-2;2*1-2/h2*1-10H;3H2,1-2H3;2*2H2,1H3. The van der Waals surface area contributed by atoms with Crippen molar-refractivity contribution >= 4 is 47.0 Å². The Morgan fingerprint density at radius 3 is 0.743 bits per heavy atom. The number of hydrogen-bond donors (Lipinski definition) is 2. The third-order valence-electron chi connectivity index (χ3n) is 3.68. The molecule has 0 heterocycles. The minimum Gasteiger partial charge on any atom is -0.333 e. The lowest BCUT2D eigenvalue weighted by Gasteiger charge is -1.99. The van der Waals surface area contributed by atoms with Crippen LogP contribution >= 0.6 is 47.0 Å². The van der Waals surface area contributed by atoms with Gasteiger partial charge in [-0.2, -0.15) is 23.5 Å². The molecule has 2 nitrogen and oxygen atoms in total. The Morgan fingerprint density at radius 1 is 0.400 bits per heavy atom. The normalized spacial score (nSPS) is 8.86. The maximum Gasteiger partial charge on any atom is 0.0386 e. The molecule has 4 N–H and O–H groups in total. The van der Waals surface area contributed by atoms with Gasteiger partial charge in [0, 0.05) is 24.7 Å². The molecule has 0 saturated carbocycles. The first kappa shape index (κ1) is 33.2. The van der Waals surface area contributed by atoms with Crippen molar-refractivity contribution in [3.63, 3.8) is 0 Å². The van der Waals surface area contributed by atoms with Gasteiger partial charge in [-0.1, -0.05) is 96.3 Å². The van der Waals surface area contributed by atoms with E-state index in [0.717, 1.165) is 0 Å². The van der Waals surface area contributed by atoms with Gasteiger partial charge in [-0.25, -0.2) is 0 Å². The van der Waals surface area contributed by atoms with E-state index in [9.17, 15) is 0 Å². The Labute approximate surface area is 230 Å². The Bertz CT molecular complexity index is 772. The van der Waals surface area contributed by atoms with Crippen LogP contribution in [0.15, 0.2) is 141 Å². The highest BCUT2D eigenvalue weighted by atomic mass is 32.2. The molecule has 0 bridgehead atoms. The minimum absolute atomic E-state index is 1.22. The van der Waals surface area contributed by atoms with Crippen LogP contribution in [0, 0.1) is 0 Å². The number of nitrogens with two attached hydrogens (primary N) is 2. The van der Waals surface area contributed by atoms with E-state index in [-0.39, 0.29) is 0 Å². The number of benzene rings is 4. The van der Waals surface area contributed by atoms with Crippen LogP contribution in [0.4, 0.5) is 0 Å². The van der Waals surface area contributed by atoms with E-state index in [4.69, 9.17) is 0 Å². The van der Waals surface area contributed by atoms with Crippen molar-refractivity contribution in [3.8, 4) is 0 Å². The summed E-state index contributed by atoms with van der Waals surface area (Å²) in [7, 11) is 3.00. The van der Waals surface area contributed by atoms with Crippen LogP contribution in [0.3, 0.4) is 0 Å². The molecule has 0 radical (unpaired) electrons. The minimum atomic E-state index is 1.22. The van der Waals surface area contributed by atoms with Crippen molar-refractivity contribution in [2.45, 2.75) is 19.6 Å². The molecule has 0 aliphatic heterocycles. The van der Waals surface area contributed by atoms with Crippen LogP contribution < -0.4 is 11.5 Å². The van der Waals surface area contributed by atoms with Gasteiger partial charge >= 0.3 is 0 Å². The van der Waals surface area contributed by atoms with Crippen molar-refractivity contribution in [1.29, 1.82) is 0 Å². The molecule has 0 spiro atoms. The molecule has 0 atom stereocenters. The van der Waals surface area contributed by atoms with E-state index in [2.05, 4.69) is 121 Å². The fraction of sp³-hybridized carbons (Fsp3) is 0.172. The zero-order chi connectivity index (χ0) is 26.0. The molecular weight excluding hydrogens is 505 g/mol. The van der Waals surface area contributed by atoms with Crippen LogP contribution in [0.1, 0.15) is 0 Å². The molecule has 0 fully saturated rings. The lowest BCUT2D eigenvalue weighted by Crippen LogP contribution is -1.70. The highest BCUT2D eigenvalue weighted by Crippen LogP contribution is 2.27. The predicted molar refractivity (Wildman–Crippen MR) is 166 cm³/mol. The van der Waals surface area contributed by atoms with Gasteiger partial charge in [0.2, 0.25) is 0 Å². The molecule has 4 aromatic carbocycles. The summed E-state index contributed by atoms with van der Waals surface area (Å²) >= 11 is 7.30. The quantitative estimate of drug-likeness (QED) is 0.238. The number of thioether (sulfide) groups is 2. The van der Waals surface area contributed by atoms with Crippen LogP contribution in [-0.4, -0.2) is 31.7 Å². The average molecular weight is 543 g/mol. The van der Waals surface area contributed by atoms with Gasteiger partial charge in [0.05, 0.1) is 0 Å². The first-order valence-electron chi connectivity index (χ1n) is 11.0. The van der Waals surface area contributed by atoms with E-state index in [1.165, 1.54) is 38.8 Å². The van der Waals surface area contributed by atoms with E-state index in [1.54, 1.807) is 23.5 Å². The molecule has 4 aromatic rings. The number of rotatable bonds is 6. The average Bonchev–Trinajstić information content (AvgIpc) is 2.94. The molecular formula is C29H38N2S4. The largest absolute Gasteiger partial charge is 0.333 e. The molecule has 4 rings (SSSR count). The SMILES string of the molecule is CN.CN.CSCSC.c1ccc(Sc2ccccc2)cc1.c1ccc(Sc2ccccc2)cc1. The Morgan fingerprint density at radius 2 is 0.600 bits per heavy atom. The molecule has 0 aliphatic carbocycles. The van der Waals surface area contributed by atoms with Crippen LogP contribution in [0.5, 0.6) is 0 Å². The zero-order valence-electron chi connectivity index (χ0n) is 21.0. The highest BCUT2D eigenvalue weighted by Gasteiger charge is 1.94. The Hall–Kier alpha value is -1.80. The summed E-state index contributed by atoms with van der Waals surface area (Å²) in [5, 5.41) is 1.22. The second-order valence-electron chi connectivity index (χ2n) is 6.15. The first-order chi connectivity index (χ1) is 17.3. The topological polar surface area (TPSA) is 52.0 Å². The van der Waals surface area contributed by atoms with E-state index < -0.39 is 0 Å². The molecule has 6 heteroatoms. The van der Waals surface area contributed by atoms with Gasteiger partial charge in [-0.05, 0) is 75.1 Å². The van der Waals surface area contributed by atoms with E-state index >= 15 is 0 Å². The first-order valence-corrected chi connectivity index (χ1v) is 15.4. The second-order valence-corrected chi connectivity index (χ2v) is 10.5. The van der Waals surface area contributed by atoms with E-state index in [0.29, 0.717) is 0 Å². The summed E-state index contributed by atoms with van der Waals surface area (Å²) in [6.07, 6.45) is 4.22. The molecule has 0 unspecified atom stereocenters. The summed E-state index contributed by atoms with van der Waals surface area (Å²) in [5.41, 5.74) is 9.00. The molecule has 188 valence electrons. The van der Waals surface area contributed by atoms with Gasteiger partial charge in [-0.3, -0.25) is 0 Å². The maximum atomic E-state index is 4.50. The van der Waals surface area contributed by atoms with Crippen molar-refractivity contribution in [3.05, 3.63) is 121 Å². The summed E-state index contributed by atoms with van der Waals surface area (Å²) < 4.78 is 0. The molecule has 0 aliphatic rings. The third kappa shape index (κ3) is 18.2. The van der Waals surface area contributed by atoms with Crippen molar-refractivity contribution < 1.29 is 0 Å². The Balaban J connectivity index is 0.000000499. The third-order valence-corrected chi connectivity index (χ3v) is 7.60. The lowest BCUT2D eigenvalue weighted by molar-refractivity contribution is 1.41. The smallest absolute Gasteiger partial charge is 0.0386 e. The van der Waals surface area contributed by atoms with Crippen molar-refractivity contribution in [2.24, 2.45) is 11.5 Å². The monoisotopic (exact) mass is 542 g/mol. The van der Waals surface area contributed by atoms with Crippen molar-refractivity contribution in [2.75, 3.05) is 31.7 Å². The highest BCUT2D eigenvalue weighted by molar-refractivity contribution is 8.15. The van der Waals surface area contributed by atoms with Gasteiger partial charge in [0.15, 0.2) is 0 Å². The summed E-state index contributed by atoms with van der Waals surface area (Å²) in [6, 6.07) is 41.6. The maximum absolute atomic E-state index is 4.50. The van der Waals surface area contributed by atoms with Gasteiger partial charge < -0.3 is 11.5 Å². The van der Waals surface area contributed by atoms with Gasteiger partial charge in [-0.15, -0.1) is 0 Å². The number of hydrogen-bond acceptors (Lipinski definition) is 6. The predicted octanol–water partition coefficient (Wildman–Crippen LogP) is 8.50. The molecule has 0 aromatic heterocycles. The second kappa shape index (κ2) is 25.3. The van der Waals surface area contributed by atoms with Crippen molar-refractivity contribution in [1.82, 2.24) is 0 Å². The summed E-state index contributed by atoms with van der Waals surface area (Å²) in [5.74, 6) is 0. The molecule has 0 saturated heterocycles. The Kier molecular flexibility index (Phi) is 24.0. The summed E-state index contributed by atoms with van der Waals surface area (Å²) in [6.45, 7) is 0. The van der Waals surface area contributed by atoms with Gasteiger partial charge in [0.25, 0.3) is 0 Å². The molecule has 35 heavy (non-hydrogen) atoms. The van der Waals surface area contributed by atoms with Gasteiger partial charge in [0.1, 0.15) is 0 Å². The zero-order valence-corrected chi connectivity index (χ0v) is 24.3. The van der Waals surface area contributed by atoms with Crippen LogP contribution in [-0.2, 0) is 0 Å². The molecule has 0 amide bonds. The lowest BCUT2D eigenvalue weighted by atomic mass is 10.4. The summed E-state index contributed by atoms with van der Waals surface area (Å²) in [4.78, 5) is 5.14. The fourth-order valence-electron chi connectivity index (χ4n) is 2.34. The van der Waals surface area contributed by atoms with E-state index in [1.807, 2.05) is 47.8 Å². The fourth-order valence-corrected chi connectivity index (χ4v) is 5.00. The van der Waals surface area contributed by atoms with Crippen LogP contribution in [0.25, 0.3) is 0 Å². The van der Waals surface area contributed by atoms with Crippen LogP contribution in [0.2, 0.25) is 0 Å².